The maximum absolute atomic E-state index is 13.1. The number of amides is 1. The van der Waals surface area contributed by atoms with Crippen LogP contribution in [0.5, 0.6) is 0 Å². The number of fused-ring (bicyclic) bond motifs is 2. The summed E-state index contributed by atoms with van der Waals surface area (Å²) in [5.74, 6) is 1.40. The third-order valence-electron chi connectivity index (χ3n) is 5.66. The molecule has 1 heterocycles. The van der Waals surface area contributed by atoms with Crippen molar-refractivity contribution < 1.29 is 13.6 Å². The zero-order chi connectivity index (χ0) is 17.6. The summed E-state index contributed by atoms with van der Waals surface area (Å²) in [6.45, 7) is 0. The van der Waals surface area contributed by atoms with Crippen LogP contribution in [0.25, 0.3) is 0 Å². The number of aromatic nitrogens is 2. The van der Waals surface area contributed by atoms with Crippen molar-refractivity contribution in [3.8, 4) is 0 Å². The summed E-state index contributed by atoms with van der Waals surface area (Å²) in [6.07, 6.45) is 3.55. The summed E-state index contributed by atoms with van der Waals surface area (Å²) < 4.78 is 27.5. The van der Waals surface area contributed by atoms with Gasteiger partial charge in [0.2, 0.25) is 0 Å². The summed E-state index contributed by atoms with van der Waals surface area (Å²) >= 11 is 0. The molecule has 3 unspecified atom stereocenters. The molecule has 1 aromatic carbocycles. The fraction of sp³-hybridized carbons (Fsp3) is 0.474. The zero-order valence-electron chi connectivity index (χ0n) is 14.1. The maximum Gasteiger partial charge on any atom is 0.282 e. The van der Waals surface area contributed by atoms with Gasteiger partial charge in [0.1, 0.15) is 5.69 Å². The van der Waals surface area contributed by atoms with Gasteiger partial charge in [-0.25, -0.2) is 8.78 Å². The molecule has 0 aliphatic heterocycles. The second kappa shape index (κ2) is 6.24. The van der Waals surface area contributed by atoms with Crippen LogP contribution >= 0.6 is 0 Å². The number of rotatable bonds is 4. The third kappa shape index (κ3) is 2.94. The van der Waals surface area contributed by atoms with Gasteiger partial charge in [-0.05, 0) is 48.6 Å². The predicted molar refractivity (Wildman–Crippen MR) is 90.7 cm³/mol. The summed E-state index contributed by atoms with van der Waals surface area (Å²) in [5, 5.41) is 6.56. The highest BCUT2D eigenvalue weighted by Crippen LogP contribution is 2.54. The van der Waals surface area contributed by atoms with E-state index in [4.69, 9.17) is 0 Å². The molecule has 1 amide bonds. The molecule has 0 radical (unpaired) electrons. The number of halogens is 2. The van der Waals surface area contributed by atoms with Gasteiger partial charge in [-0.1, -0.05) is 24.6 Å². The van der Waals surface area contributed by atoms with E-state index in [1.807, 2.05) is 18.2 Å². The molecule has 2 aliphatic rings. The van der Waals surface area contributed by atoms with Crippen molar-refractivity contribution in [1.82, 2.24) is 9.78 Å². The lowest BCUT2D eigenvalue weighted by Gasteiger charge is -2.24. The van der Waals surface area contributed by atoms with Gasteiger partial charge in [-0.15, -0.1) is 0 Å². The molecule has 0 spiro atoms. The number of hydrogen-bond donors (Lipinski definition) is 1. The van der Waals surface area contributed by atoms with E-state index < -0.39 is 18.0 Å². The highest BCUT2D eigenvalue weighted by Gasteiger charge is 2.41. The van der Waals surface area contributed by atoms with E-state index in [9.17, 15) is 13.6 Å². The zero-order valence-corrected chi connectivity index (χ0v) is 14.1. The lowest BCUT2D eigenvalue weighted by Crippen LogP contribution is -2.17. The number of carbonyl (C=O) groups is 1. The first-order chi connectivity index (χ1) is 12.0. The van der Waals surface area contributed by atoms with E-state index >= 15 is 0 Å². The van der Waals surface area contributed by atoms with Crippen LogP contribution in [0.4, 0.5) is 14.5 Å². The maximum atomic E-state index is 13.1. The van der Waals surface area contributed by atoms with Crippen LogP contribution < -0.4 is 5.32 Å². The summed E-state index contributed by atoms with van der Waals surface area (Å²) in [6, 6.07) is 7.76. The molecule has 3 atom stereocenters. The van der Waals surface area contributed by atoms with Crippen LogP contribution in [-0.4, -0.2) is 15.7 Å². The van der Waals surface area contributed by atoms with Crippen LogP contribution in [0.2, 0.25) is 0 Å². The van der Waals surface area contributed by atoms with Gasteiger partial charge >= 0.3 is 0 Å². The van der Waals surface area contributed by atoms with Crippen molar-refractivity contribution in [3.63, 3.8) is 0 Å². The average Bonchev–Trinajstić information content (AvgIpc) is 3.30. The Balaban J connectivity index is 1.60. The van der Waals surface area contributed by atoms with Crippen molar-refractivity contribution in [2.45, 2.75) is 38.0 Å². The van der Waals surface area contributed by atoms with Crippen LogP contribution in [0.1, 0.15) is 59.6 Å². The van der Waals surface area contributed by atoms with E-state index in [0.29, 0.717) is 11.8 Å². The van der Waals surface area contributed by atoms with E-state index in [1.165, 1.54) is 37.2 Å². The average molecular weight is 345 g/mol. The predicted octanol–water partition coefficient (Wildman–Crippen LogP) is 4.51. The standard InChI is InChI=1S/C19H21F2N3O/c1-24-10-15(17(23-24)18(20)21)19(25)22-16-5-3-2-4-13(16)14-9-11-6-7-12(14)8-11/h2-5,10-12,14,18H,6-9H2,1H3,(H,22,25). The molecule has 2 bridgehead atoms. The molecule has 4 nitrogen and oxygen atoms in total. The van der Waals surface area contributed by atoms with Crippen molar-refractivity contribution in [2.24, 2.45) is 18.9 Å². The van der Waals surface area contributed by atoms with E-state index in [-0.39, 0.29) is 5.56 Å². The minimum atomic E-state index is -2.78. The largest absolute Gasteiger partial charge is 0.322 e. The van der Waals surface area contributed by atoms with Crippen LogP contribution in [0.15, 0.2) is 30.5 Å². The number of aryl methyl sites for hydroxylation is 1. The SMILES string of the molecule is Cn1cc(C(=O)Nc2ccccc2C2CC3CCC2C3)c(C(F)F)n1. The Morgan fingerprint density at radius 1 is 1.28 bits per heavy atom. The molecule has 2 aliphatic carbocycles. The number of alkyl halides is 2. The highest BCUT2D eigenvalue weighted by atomic mass is 19.3. The van der Waals surface area contributed by atoms with Gasteiger partial charge in [0.05, 0.1) is 5.56 Å². The highest BCUT2D eigenvalue weighted by molar-refractivity contribution is 6.05. The Hall–Kier alpha value is -2.24. The van der Waals surface area contributed by atoms with E-state index in [2.05, 4.69) is 16.5 Å². The normalized spacial score (nSPS) is 24.9. The van der Waals surface area contributed by atoms with Gasteiger partial charge in [-0.3, -0.25) is 9.48 Å². The lowest BCUT2D eigenvalue weighted by atomic mass is 9.82. The lowest BCUT2D eigenvalue weighted by molar-refractivity contribution is 0.101. The molecule has 2 fully saturated rings. The second-order valence-corrected chi connectivity index (χ2v) is 7.23. The number of hydrogen-bond acceptors (Lipinski definition) is 2. The Morgan fingerprint density at radius 2 is 2.08 bits per heavy atom. The Bertz CT molecular complexity index is 802. The summed E-state index contributed by atoms with van der Waals surface area (Å²) in [4.78, 5) is 12.6. The first-order valence-corrected chi connectivity index (χ1v) is 8.75. The Kier molecular flexibility index (Phi) is 4.06. The first kappa shape index (κ1) is 16.2. The number of nitrogens with zero attached hydrogens (tertiary/aromatic N) is 2. The van der Waals surface area contributed by atoms with Crippen LogP contribution in [0, 0.1) is 11.8 Å². The Labute approximate surface area is 145 Å². The molecule has 2 aromatic rings. The van der Waals surface area contributed by atoms with Crippen molar-refractivity contribution in [1.29, 1.82) is 0 Å². The van der Waals surface area contributed by atoms with Crippen LogP contribution in [0.3, 0.4) is 0 Å². The van der Waals surface area contributed by atoms with E-state index in [0.717, 1.165) is 23.6 Å². The number of nitrogens with one attached hydrogen (secondary N) is 1. The quantitative estimate of drug-likeness (QED) is 0.886. The molecule has 6 heteroatoms. The molecule has 2 saturated carbocycles. The van der Waals surface area contributed by atoms with E-state index in [1.54, 1.807) is 0 Å². The molecule has 132 valence electrons. The van der Waals surface area contributed by atoms with Gasteiger partial charge in [0.15, 0.2) is 0 Å². The molecule has 0 saturated heterocycles. The number of anilines is 1. The molecule has 4 rings (SSSR count). The van der Waals surface area contributed by atoms with Crippen LogP contribution in [-0.2, 0) is 7.05 Å². The third-order valence-corrected chi connectivity index (χ3v) is 5.66. The van der Waals surface area contributed by atoms with Gasteiger partial charge in [0.25, 0.3) is 12.3 Å². The smallest absolute Gasteiger partial charge is 0.282 e. The molecule has 1 N–H and O–H groups in total. The summed E-state index contributed by atoms with van der Waals surface area (Å²) in [7, 11) is 1.53. The number of para-hydroxylation sites is 1. The monoisotopic (exact) mass is 345 g/mol. The topological polar surface area (TPSA) is 46.9 Å². The van der Waals surface area contributed by atoms with Gasteiger partial charge in [0, 0.05) is 18.9 Å². The number of carbonyl (C=O) groups excluding carboxylic acids is 1. The molecular formula is C19H21F2N3O. The van der Waals surface area contributed by atoms with Crippen molar-refractivity contribution in [2.75, 3.05) is 5.32 Å². The Morgan fingerprint density at radius 3 is 2.76 bits per heavy atom. The van der Waals surface area contributed by atoms with Crippen molar-refractivity contribution >= 4 is 11.6 Å². The van der Waals surface area contributed by atoms with Gasteiger partial charge in [-0.2, -0.15) is 5.10 Å². The van der Waals surface area contributed by atoms with Crippen molar-refractivity contribution in [3.05, 3.63) is 47.3 Å². The minimum absolute atomic E-state index is 0.0692. The fourth-order valence-electron chi connectivity index (χ4n) is 4.59. The van der Waals surface area contributed by atoms with Gasteiger partial charge < -0.3 is 5.32 Å². The summed E-state index contributed by atoms with van der Waals surface area (Å²) in [5.41, 5.74) is 1.32. The first-order valence-electron chi connectivity index (χ1n) is 8.75. The number of benzene rings is 1. The minimum Gasteiger partial charge on any atom is -0.322 e. The molecular weight excluding hydrogens is 324 g/mol. The molecule has 1 aromatic heterocycles. The fourth-order valence-corrected chi connectivity index (χ4v) is 4.59. The second-order valence-electron chi connectivity index (χ2n) is 7.23. The molecule has 25 heavy (non-hydrogen) atoms.